The van der Waals surface area contributed by atoms with Crippen LogP contribution in [-0.4, -0.2) is 52.8 Å². The quantitative estimate of drug-likeness (QED) is 0.765. The number of nitrogens with zero attached hydrogens (tertiary/aromatic N) is 2. The topological polar surface area (TPSA) is 60.9 Å². The van der Waals surface area contributed by atoms with Gasteiger partial charge in [0.1, 0.15) is 0 Å². The van der Waals surface area contributed by atoms with Gasteiger partial charge in [-0.2, -0.15) is 0 Å². The normalized spacial score (nSPS) is 14.9. The molecule has 2 aromatic carbocycles. The van der Waals surface area contributed by atoms with Crippen LogP contribution < -0.4 is 0 Å². The minimum atomic E-state index is 0.0168. The highest BCUT2D eigenvalue weighted by atomic mass is 16.3. The van der Waals surface area contributed by atoms with Crippen LogP contribution in [0.1, 0.15) is 34.3 Å². The fourth-order valence-electron chi connectivity index (χ4n) is 3.41. The van der Waals surface area contributed by atoms with Gasteiger partial charge in [-0.1, -0.05) is 54.6 Å². The molecular formula is C22H26N2O3. The Morgan fingerprint density at radius 2 is 1.44 bits per heavy atom. The molecule has 1 N–H and O–H groups in total. The van der Waals surface area contributed by atoms with Crippen molar-refractivity contribution in [3.63, 3.8) is 0 Å². The third-order valence-corrected chi connectivity index (χ3v) is 5.07. The molecular weight excluding hydrogens is 340 g/mol. The molecule has 0 aromatic heterocycles. The van der Waals surface area contributed by atoms with Crippen molar-refractivity contribution < 1.29 is 14.7 Å². The minimum Gasteiger partial charge on any atom is -0.392 e. The zero-order valence-corrected chi connectivity index (χ0v) is 15.5. The van der Waals surface area contributed by atoms with Gasteiger partial charge in [0.05, 0.1) is 6.61 Å². The maximum Gasteiger partial charge on any atom is 0.223 e. The molecule has 142 valence electrons. The Morgan fingerprint density at radius 1 is 0.815 bits per heavy atom. The number of hydrogen-bond acceptors (Lipinski definition) is 4. The fraction of sp³-hybridized carbons (Fsp3) is 0.364. The van der Waals surface area contributed by atoms with Crippen molar-refractivity contribution in [1.82, 2.24) is 9.80 Å². The standard InChI is InChI=1S/C22H26N2O3/c25-17-20-9-5-4-8-19(20)16-23-12-14-24(15-13-23)22(27)11-10-21(26)18-6-2-1-3-7-18/h1-9,25H,10-17H2. The van der Waals surface area contributed by atoms with Crippen LogP contribution in [0.3, 0.4) is 0 Å². The second-order valence-corrected chi connectivity index (χ2v) is 6.87. The maximum absolute atomic E-state index is 12.4. The largest absolute Gasteiger partial charge is 0.392 e. The van der Waals surface area contributed by atoms with E-state index in [1.54, 1.807) is 12.1 Å². The van der Waals surface area contributed by atoms with E-state index in [0.29, 0.717) is 18.7 Å². The van der Waals surface area contributed by atoms with Crippen LogP contribution in [-0.2, 0) is 17.9 Å². The van der Waals surface area contributed by atoms with Crippen LogP contribution in [0, 0.1) is 0 Å². The van der Waals surface area contributed by atoms with E-state index in [4.69, 9.17) is 0 Å². The van der Waals surface area contributed by atoms with Gasteiger partial charge in [-0.3, -0.25) is 14.5 Å². The van der Waals surface area contributed by atoms with E-state index in [9.17, 15) is 14.7 Å². The summed E-state index contributed by atoms with van der Waals surface area (Å²) in [5, 5.41) is 9.45. The molecule has 5 nitrogen and oxygen atoms in total. The minimum absolute atomic E-state index is 0.0168. The van der Waals surface area contributed by atoms with E-state index in [-0.39, 0.29) is 31.1 Å². The van der Waals surface area contributed by atoms with Gasteiger partial charge in [0.2, 0.25) is 5.91 Å². The summed E-state index contributed by atoms with van der Waals surface area (Å²) in [6.45, 7) is 3.80. The molecule has 1 amide bonds. The average Bonchev–Trinajstić information content (AvgIpc) is 2.73. The Labute approximate surface area is 160 Å². The number of piperazine rings is 1. The van der Waals surface area contributed by atoms with E-state index in [2.05, 4.69) is 4.90 Å². The predicted molar refractivity (Wildman–Crippen MR) is 104 cm³/mol. The highest BCUT2D eigenvalue weighted by Gasteiger charge is 2.22. The summed E-state index contributed by atoms with van der Waals surface area (Å²) in [5.74, 6) is 0.0675. The second-order valence-electron chi connectivity index (χ2n) is 6.87. The molecule has 3 rings (SSSR count). The van der Waals surface area contributed by atoms with Gasteiger partial charge in [0.15, 0.2) is 5.78 Å². The van der Waals surface area contributed by atoms with E-state index in [1.165, 1.54) is 0 Å². The molecule has 0 bridgehead atoms. The molecule has 2 aromatic rings. The summed E-state index contributed by atoms with van der Waals surface area (Å²) in [5.41, 5.74) is 2.75. The Morgan fingerprint density at radius 3 is 2.11 bits per heavy atom. The Bertz CT molecular complexity index is 768. The van der Waals surface area contributed by atoms with Crippen LogP contribution in [0.2, 0.25) is 0 Å². The monoisotopic (exact) mass is 366 g/mol. The lowest BCUT2D eigenvalue weighted by atomic mass is 10.1. The molecule has 1 heterocycles. The smallest absolute Gasteiger partial charge is 0.223 e. The maximum atomic E-state index is 12.4. The van der Waals surface area contributed by atoms with Crippen molar-refractivity contribution in [2.45, 2.75) is 26.0 Å². The number of carbonyl (C=O) groups is 2. The molecule has 27 heavy (non-hydrogen) atoms. The van der Waals surface area contributed by atoms with Gasteiger partial charge in [-0.15, -0.1) is 0 Å². The van der Waals surface area contributed by atoms with E-state index >= 15 is 0 Å². The van der Waals surface area contributed by atoms with Crippen molar-refractivity contribution >= 4 is 11.7 Å². The summed E-state index contributed by atoms with van der Waals surface area (Å²) >= 11 is 0. The van der Waals surface area contributed by atoms with Crippen molar-refractivity contribution in [1.29, 1.82) is 0 Å². The zero-order chi connectivity index (χ0) is 19.1. The van der Waals surface area contributed by atoms with Crippen LogP contribution in [0.25, 0.3) is 0 Å². The molecule has 1 aliphatic rings. The van der Waals surface area contributed by atoms with Gasteiger partial charge in [0, 0.05) is 51.1 Å². The number of hydrogen-bond donors (Lipinski definition) is 1. The van der Waals surface area contributed by atoms with Gasteiger partial charge in [0.25, 0.3) is 0 Å². The summed E-state index contributed by atoms with van der Waals surface area (Å²) in [6.07, 6.45) is 0.522. The molecule has 1 fully saturated rings. The Kier molecular flexibility index (Phi) is 6.74. The SMILES string of the molecule is O=C(CCC(=O)N1CCN(Cc2ccccc2CO)CC1)c1ccccc1. The number of amides is 1. The van der Waals surface area contributed by atoms with Gasteiger partial charge >= 0.3 is 0 Å². The Balaban J connectivity index is 1.44. The van der Waals surface area contributed by atoms with Crippen molar-refractivity contribution in [2.75, 3.05) is 26.2 Å². The first-order valence-corrected chi connectivity index (χ1v) is 9.43. The van der Waals surface area contributed by atoms with Crippen LogP contribution in [0.5, 0.6) is 0 Å². The number of benzene rings is 2. The predicted octanol–water partition coefficient (Wildman–Crippen LogP) is 2.49. The van der Waals surface area contributed by atoms with Gasteiger partial charge < -0.3 is 10.0 Å². The molecule has 0 atom stereocenters. The van der Waals surface area contributed by atoms with E-state index in [1.807, 2.05) is 47.4 Å². The lowest BCUT2D eigenvalue weighted by molar-refractivity contribution is -0.133. The molecule has 0 unspecified atom stereocenters. The van der Waals surface area contributed by atoms with Gasteiger partial charge in [-0.25, -0.2) is 0 Å². The highest BCUT2D eigenvalue weighted by molar-refractivity contribution is 5.97. The molecule has 0 spiro atoms. The molecule has 0 radical (unpaired) electrons. The van der Waals surface area contributed by atoms with Crippen LogP contribution in [0.15, 0.2) is 54.6 Å². The number of aliphatic hydroxyl groups excluding tert-OH is 1. The zero-order valence-electron chi connectivity index (χ0n) is 15.5. The number of ketones is 1. The first-order chi connectivity index (χ1) is 13.2. The summed E-state index contributed by atoms with van der Waals surface area (Å²) in [7, 11) is 0. The van der Waals surface area contributed by atoms with E-state index in [0.717, 1.165) is 30.8 Å². The van der Waals surface area contributed by atoms with Crippen LogP contribution >= 0.6 is 0 Å². The van der Waals surface area contributed by atoms with E-state index < -0.39 is 0 Å². The third kappa shape index (κ3) is 5.25. The molecule has 5 heteroatoms. The molecule has 1 aliphatic heterocycles. The third-order valence-electron chi connectivity index (χ3n) is 5.07. The number of rotatable bonds is 7. The highest BCUT2D eigenvalue weighted by Crippen LogP contribution is 2.14. The average molecular weight is 366 g/mol. The fourth-order valence-corrected chi connectivity index (χ4v) is 3.41. The number of carbonyl (C=O) groups excluding carboxylic acids is 2. The van der Waals surface area contributed by atoms with Gasteiger partial charge in [-0.05, 0) is 11.1 Å². The van der Waals surface area contributed by atoms with Crippen molar-refractivity contribution in [2.24, 2.45) is 0 Å². The number of aliphatic hydroxyl groups is 1. The second kappa shape index (κ2) is 9.44. The summed E-state index contributed by atoms with van der Waals surface area (Å²) < 4.78 is 0. The number of Topliss-reactive ketones (excluding diaryl/α,β-unsaturated/α-hetero) is 1. The molecule has 0 aliphatic carbocycles. The lowest BCUT2D eigenvalue weighted by Crippen LogP contribution is -2.48. The molecule has 0 saturated carbocycles. The van der Waals surface area contributed by atoms with Crippen molar-refractivity contribution in [3.05, 3.63) is 71.3 Å². The Hall–Kier alpha value is -2.50. The summed E-state index contributed by atoms with van der Waals surface area (Å²) in [6, 6.07) is 17.0. The lowest BCUT2D eigenvalue weighted by Gasteiger charge is -2.35. The first kappa shape index (κ1) is 19.3. The summed E-state index contributed by atoms with van der Waals surface area (Å²) in [4.78, 5) is 28.7. The van der Waals surface area contributed by atoms with Crippen molar-refractivity contribution in [3.8, 4) is 0 Å². The first-order valence-electron chi connectivity index (χ1n) is 9.43. The molecule has 1 saturated heterocycles. The van der Waals surface area contributed by atoms with Crippen LogP contribution in [0.4, 0.5) is 0 Å².